The van der Waals surface area contributed by atoms with Gasteiger partial charge in [0.2, 0.25) is 11.1 Å². The number of hydrogen-bond acceptors (Lipinski definition) is 4. The smallest absolute Gasteiger partial charge is 0.237 e. The number of hydrogen-bond donors (Lipinski definition) is 1. The predicted molar refractivity (Wildman–Crippen MR) is 104 cm³/mol. The third kappa shape index (κ3) is 4.19. The van der Waals surface area contributed by atoms with E-state index in [0.717, 1.165) is 24.4 Å². The van der Waals surface area contributed by atoms with Gasteiger partial charge in [0.1, 0.15) is 11.6 Å². The standard InChI is InChI=1S/C20H19FN4OS/c1-13(19(26)22-16-11-9-15(21)10-12-16)27-20-23-18(14-7-8-14)25(24-20)17-5-3-2-4-6-17/h2-6,9-14H,7-8H2,1H3,(H,22,26). The van der Waals surface area contributed by atoms with Crippen LogP contribution in [0.15, 0.2) is 59.8 Å². The van der Waals surface area contributed by atoms with E-state index in [9.17, 15) is 9.18 Å². The number of benzene rings is 2. The molecule has 0 saturated heterocycles. The van der Waals surface area contributed by atoms with Crippen molar-refractivity contribution in [1.29, 1.82) is 0 Å². The lowest BCUT2D eigenvalue weighted by molar-refractivity contribution is -0.115. The summed E-state index contributed by atoms with van der Waals surface area (Å²) in [4.78, 5) is 17.1. The van der Waals surface area contributed by atoms with Crippen molar-refractivity contribution >= 4 is 23.4 Å². The third-order valence-corrected chi connectivity index (χ3v) is 5.27. The van der Waals surface area contributed by atoms with E-state index in [1.165, 1.54) is 36.0 Å². The van der Waals surface area contributed by atoms with Crippen LogP contribution in [0.25, 0.3) is 5.69 Å². The van der Waals surface area contributed by atoms with Crippen molar-refractivity contribution in [2.75, 3.05) is 5.32 Å². The lowest BCUT2D eigenvalue weighted by Crippen LogP contribution is -2.22. The minimum atomic E-state index is -0.381. The van der Waals surface area contributed by atoms with Gasteiger partial charge in [-0.1, -0.05) is 30.0 Å². The highest BCUT2D eigenvalue weighted by atomic mass is 32.2. The van der Waals surface area contributed by atoms with Crippen molar-refractivity contribution in [3.63, 3.8) is 0 Å². The van der Waals surface area contributed by atoms with Crippen LogP contribution < -0.4 is 5.32 Å². The van der Waals surface area contributed by atoms with Crippen molar-refractivity contribution in [3.8, 4) is 5.69 Å². The number of rotatable bonds is 6. The summed E-state index contributed by atoms with van der Waals surface area (Å²) in [5.74, 6) is 0.888. The highest BCUT2D eigenvalue weighted by molar-refractivity contribution is 8.00. The Bertz CT molecular complexity index is 938. The Hall–Kier alpha value is -2.67. The van der Waals surface area contributed by atoms with Gasteiger partial charge in [-0.2, -0.15) is 0 Å². The van der Waals surface area contributed by atoms with Crippen molar-refractivity contribution in [1.82, 2.24) is 14.8 Å². The molecule has 138 valence electrons. The minimum absolute atomic E-state index is 0.171. The SMILES string of the molecule is CC(Sc1nc(C2CC2)n(-c2ccccc2)n1)C(=O)Nc1ccc(F)cc1. The molecule has 0 bridgehead atoms. The van der Waals surface area contributed by atoms with Gasteiger partial charge in [0, 0.05) is 11.6 Å². The number of aromatic nitrogens is 3. The number of nitrogens with one attached hydrogen (secondary N) is 1. The zero-order chi connectivity index (χ0) is 18.8. The molecule has 1 amide bonds. The summed E-state index contributed by atoms with van der Waals surface area (Å²) < 4.78 is 14.9. The van der Waals surface area contributed by atoms with Crippen molar-refractivity contribution in [3.05, 3.63) is 66.2 Å². The average molecular weight is 382 g/mol. The molecule has 27 heavy (non-hydrogen) atoms. The van der Waals surface area contributed by atoms with E-state index in [1.54, 1.807) is 0 Å². The van der Waals surface area contributed by atoms with Crippen molar-refractivity contribution in [2.45, 2.75) is 36.1 Å². The molecule has 5 nitrogen and oxygen atoms in total. The zero-order valence-electron chi connectivity index (χ0n) is 14.8. The van der Waals surface area contributed by atoms with Gasteiger partial charge in [0.25, 0.3) is 0 Å². The van der Waals surface area contributed by atoms with Crippen LogP contribution >= 0.6 is 11.8 Å². The Balaban J connectivity index is 1.48. The molecule has 1 N–H and O–H groups in total. The van der Waals surface area contributed by atoms with Crippen LogP contribution in [0.4, 0.5) is 10.1 Å². The molecule has 1 fully saturated rings. The largest absolute Gasteiger partial charge is 0.325 e. The zero-order valence-corrected chi connectivity index (χ0v) is 15.6. The van der Waals surface area contributed by atoms with Crippen molar-refractivity contribution < 1.29 is 9.18 Å². The van der Waals surface area contributed by atoms with Gasteiger partial charge in [-0.15, -0.1) is 5.10 Å². The third-order valence-electron chi connectivity index (χ3n) is 4.32. The second-order valence-corrected chi connectivity index (χ2v) is 7.84. The van der Waals surface area contributed by atoms with Crippen LogP contribution in [0.1, 0.15) is 31.5 Å². The molecule has 1 aliphatic rings. The van der Waals surface area contributed by atoms with Gasteiger partial charge in [-0.05, 0) is 56.2 Å². The molecule has 1 atom stereocenters. The van der Waals surface area contributed by atoms with Crippen molar-refractivity contribution in [2.24, 2.45) is 0 Å². The molecule has 3 aromatic rings. The summed E-state index contributed by atoms with van der Waals surface area (Å²) in [6.45, 7) is 1.81. The number of thioether (sulfide) groups is 1. The first-order valence-electron chi connectivity index (χ1n) is 8.85. The fourth-order valence-electron chi connectivity index (χ4n) is 2.71. The van der Waals surface area contributed by atoms with E-state index in [-0.39, 0.29) is 17.0 Å². The number of anilines is 1. The molecule has 2 aromatic carbocycles. The first kappa shape index (κ1) is 17.7. The number of carbonyl (C=O) groups is 1. The van der Waals surface area contributed by atoms with E-state index in [0.29, 0.717) is 16.8 Å². The second-order valence-electron chi connectivity index (χ2n) is 6.53. The van der Waals surface area contributed by atoms with Gasteiger partial charge < -0.3 is 5.32 Å². The number of carbonyl (C=O) groups excluding carboxylic acids is 1. The Morgan fingerprint density at radius 2 is 1.89 bits per heavy atom. The Morgan fingerprint density at radius 3 is 2.56 bits per heavy atom. The van der Waals surface area contributed by atoms with E-state index >= 15 is 0 Å². The quantitative estimate of drug-likeness (QED) is 0.642. The fourth-order valence-corrected chi connectivity index (χ4v) is 3.47. The summed E-state index contributed by atoms with van der Waals surface area (Å²) in [5.41, 5.74) is 1.54. The summed E-state index contributed by atoms with van der Waals surface area (Å²) >= 11 is 1.32. The number of para-hydroxylation sites is 1. The van der Waals surface area contributed by atoms with E-state index in [2.05, 4.69) is 15.4 Å². The van der Waals surface area contributed by atoms with Crippen LogP contribution in [-0.4, -0.2) is 25.9 Å². The maximum atomic E-state index is 13.0. The van der Waals surface area contributed by atoms with Crippen LogP contribution in [0, 0.1) is 5.82 Å². The molecule has 4 rings (SSSR count). The molecular formula is C20H19FN4OS. The van der Waals surface area contributed by atoms with Crippen LogP contribution in [0.2, 0.25) is 0 Å². The molecular weight excluding hydrogens is 363 g/mol. The average Bonchev–Trinajstić information content (AvgIpc) is 3.44. The highest BCUT2D eigenvalue weighted by Crippen LogP contribution is 2.40. The van der Waals surface area contributed by atoms with E-state index in [1.807, 2.05) is 41.9 Å². The summed E-state index contributed by atoms with van der Waals surface area (Å²) in [6.07, 6.45) is 2.24. The van der Waals surface area contributed by atoms with Gasteiger partial charge in [-0.25, -0.2) is 14.1 Å². The van der Waals surface area contributed by atoms with Crippen LogP contribution in [0.3, 0.4) is 0 Å². The minimum Gasteiger partial charge on any atom is -0.325 e. The molecule has 1 unspecified atom stereocenters. The Labute approximate surface area is 161 Å². The molecule has 0 spiro atoms. The molecule has 1 aliphatic carbocycles. The summed E-state index contributed by atoms with van der Waals surface area (Å²) in [6, 6.07) is 15.6. The van der Waals surface area contributed by atoms with Crippen LogP contribution in [-0.2, 0) is 4.79 Å². The summed E-state index contributed by atoms with van der Waals surface area (Å²) in [7, 11) is 0. The molecule has 0 radical (unpaired) electrons. The van der Waals surface area contributed by atoms with Gasteiger partial charge in [0.15, 0.2) is 0 Å². The lowest BCUT2D eigenvalue weighted by Gasteiger charge is -2.10. The second kappa shape index (κ2) is 7.52. The monoisotopic (exact) mass is 382 g/mol. The molecule has 1 aromatic heterocycles. The molecule has 1 heterocycles. The van der Waals surface area contributed by atoms with E-state index in [4.69, 9.17) is 0 Å². The molecule has 0 aliphatic heterocycles. The summed E-state index contributed by atoms with van der Waals surface area (Å²) in [5, 5.41) is 7.62. The van der Waals surface area contributed by atoms with Gasteiger partial charge in [-0.3, -0.25) is 4.79 Å². The number of nitrogens with zero attached hydrogens (tertiary/aromatic N) is 3. The molecule has 1 saturated carbocycles. The first-order chi connectivity index (χ1) is 13.1. The van der Waals surface area contributed by atoms with Gasteiger partial charge in [0.05, 0.1) is 10.9 Å². The normalized spacial score (nSPS) is 14.7. The van der Waals surface area contributed by atoms with E-state index < -0.39 is 0 Å². The Kier molecular flexibility index (Phi) is 4.94. The number of amides is 1. The molecule has 7 heteroatoms. The number of halogens is 1. The maximum absolute atomic E-state index is 13.0. The maximum Gasteiger partial charge on any atom is 0.237 e. The van der Waals surface area contributed by atoms with Crippen LogP contribution in [0.5, 0.6) is 0 Å². The lowest BCUT2D eigenvalue weighted by atomic mass is 10.3. The topological polar surface area (TPSA) is 59.8 Å². The first-order valence-corrected chi connectivity index (χ1v) is 9.73. The highest BCUT2D eigenvalue weighted by Gasteiger charge is 2.31. The Morgan fingerprint density at radius 1 is 1.19 bits per heavy atom. The fraction of sp³-hybridized carbons (Fsp3) is 0.250. The predicted octanol–water partition coefficient (Wildman–Crippen LogP) is 4.40. The van der Waals surface area contributed by atoms with Gasteiger partial charge >= 0.3 is 0 Å².